The molecule has 0 amide bonds. The molecule has 0 saturated heterocycles. The summed E-state index contributed by atoms with van der Waals surface area (Å²) in [6, 6.07) is 0.595. The van der Waals surface area contributed by atoms with E-state index < -0.39 is 46.0 Å². The van der Waals surface area contributed by atoms with E-state index in [0.717, 1.165) is 10.9 Å². The number of aromatic nitrogens is 1. The van der Waals surface area contributed by atoms with Crippen LogP contribution >= 0.6 is 0 Å². The lowest BCUT2D eigenvalue weighted by Crippen LogP contribution is -2.43. The molecule has 0 aliphatic carbocycles. The first kappa shape index (κ1) is 14.9. The van der Waals surface area contributed by atoms with E-state index in [1.165, 1.54) is 12.1 Å². The number of likely N-dealkylation sites (N-methyl/N-ethyl adjacent to an activating group) is 1. The Morgan fingerprint density at radius 3 is 2.52 bits per heavy atom. The van der Waals surface area contributed by atoms with Gasteiger partial charge >= 0.3 is 11.9 Å². The molecular weight excluding hydrogens is 314 g/mol. The first-order chi connectivity index (χ1) is 10.7. The quantitative estimate of drug-likeness (QED) is 0.845. The smallest absolute Gasteiger partial charge is 0.341 e. The molecule has 1 aliphatic heterocycles. The minimum Gasteiger partial charge on any atom is -0.481 e. The molecule has 1 aliphatic rings. The van der Waals surface area contributed by atoms with Gasteiger partial charge in [-0.15, -0.1) is 0 Å². The zero-order chi connectivity index (χ0) is 17.0. The molecule has 1 atom stereocenters. The summed E-state index contributed by atoms with van der Waals surface area (Å²) in [6.45, 7) is -0.209. The largest absolute Gasteiger partial charge is 0.481 e. The highest BCUT2D eigenvalue weighted by molar-refractivity contribution is 5.96. The van der Waals surface area contributed by atoms with Gasteiger partial charge in [0.15, 0.2) is 11.6 Å². The Hall–Kier alpha value is -2.97. The summed E-state index contributed by atoms with van der Waals surface area (Å²) >= 11 is 0. The van der Waals surface area contributed by atoms with Crippen LogP contribution in [0.25, 0.3) is 10.9 Å². The number of hydrogen-bond acceptors (Lipinski definition) is 4. The molecule has 7 nitrogen and oxygen atoms in total. The second kappa shape index (κ2) is 4.77. The highest BCUT2D eigenvalue weighted by Gasteiger charge is 2.35. The predicted octanol–water partition coefficient (Wildman–Crippen LogP) is 0.728. The van der Waals surface area contributed by atoms with E-state index in [2.05, 4.69) is 0 Å². The lowest BCUT2D eigenvalue weighted by molar-refractivity contribution is -0.138. The summed E-state index contributed by atoms with van der Waals surface area (Å²) in [5.41, 5.74) is -2.21. The molecule has 1 aromatic heterocycles. The highest BCUT2D eigenvalue weighted by atomic mass is 19.2. The predicted molar refractivity (Wildman–Crippen MR) is 74.5 cm³/mol. The van der Waals surface area contributed by atoms with Gasteiger partial charge in [0.05, 0.1) is 17.4 Å². The van der Waals surface area contributed by atoms with Gasteiger partial charge in [-0.25, -0.2) is 13.6 Å². The maximum Gasteiger partial charge on any atom is 0.341 e. The van der Waals surface area contributed by atoms with Crippen molar-refractivity contribution in [3.63, 3.8) is 0 Å². The lowest BCUT2D eigenvalue weighted by Gasteiger charge is -2.34. The molecule has 1 unspecified atom stereocenters. The van der Waals surface area contributed by atoms with Crippen LogP contribution in [-0.4, -0.2) is 40.4 Å². The molecule has 3 rings (SSSR count). The summed E-state index contributed by atoms with van der Waals surface area (Å²) in [5, 5.41) is 19.3. The van der Waals surface area contributed by atoms with Crippen LogP contribution in [0.1, 0.15) is 21.8 Å². The number of carbonyl (C=O) groups is 2. The Bertz CT molecular complexity index is 937. The molecule has 0 spiro atoms. The minimum atomic E-state index is -1.51. The topological polar surface area (TPSA) is 99.8 Å². The average Bonchev–Trinajstić information content (AvgIpc) is 2.47. The Labute approximate surface area is 126 Å². The molecule has 9 heteroatoms. The Balaban J connectivity index is 2.57. The van der Waals surface area contributed by atoms with E-state index in [-0.39, 0.29) is 17.4 Å². The number of aliphatic carboxylic acids is 1. The van der Waals surface area contributed by atoms with Crippen molar-refractivity contribution >= 4 is 22.8 Å². The van der Waals surface area contributed by atoms with E-state index in [0.29, 0.717) is 6.07 Å². The molecule has 2 aromatic rings. The van der Waals surface area contributed by atoms with Crippen molar-refractivity contribution in [3.05, 3.63) is 45.2 Å². The number of carboxylic acids is 2. The third-order valence-electron chi connectivity index (χ3n) is 3.89. The number of aromatic carboxylic acids is 1. The minimum absolute atomic E-state index is 0.139. The van der Waals surface area contributed by atoms with Crippen LogP contribution in [0.4, 0.5) is 8.78 Å². The maximum absolute atomic E-state index is 14.2. The van der Waals surface area contributed by atoms with Gasteiger partial charge in [0.2, 0.25) is 5.43 Å². The summed E-state index contributed by atoms with van der Waals surface area (Å²) in [5.74, 6) is -7.01. The first-order valence-corrected chi connectivity index (χ1v) is 6.48. The van der Waals surface area contributed by atoms with E-state index in [9.17, 15) is 28.3 Å². The Morgan fingerprint density at radius 2 is 1.96 bits per heavy atom. The van der Waals surface area contributed by atoms with Crippen molar-refractivity contribution in [2.45, 2.75) is 5.92 Å². The first-order valence-electron chi connectivity index (χ1n) is 6.48. The van der Waals surface area contributed by atoms with Crippen LogP contribution in [-0.2, 0) is 4.79 Å². The Morgan fingerprint density at radius 1 is 1.30 bits per heavy atom. The van der Waals surface area contributed by atoms with E-state index >= 15 is 0 Å². The molecule has 2 N–H and O–H groups in total. The van der Waals surface area contributed by atoms with Crippen molar-refractivity contribution in [3.8, 4) is 0 Å². The van der Waals surface area contributed by atoms with Crippen molar-refractivity contribution in [2.75, 3.05) is 18.6 Å². The van der Waals surface area contributed by atoms with Crippen LogP contribution in [0.15, 0.2) is 17.1 Å². The SMILES string of the molecule is CN1CC(C(=O)O)c2c(F)c(F)cc3c(=O)c(C(=O)O)cn1c23. The third kappa shape index (κ3) is 1.96. The fourth-order valence-electron chi connectivity index (χ4n) is 2.83. The zero-order valence-electron chi connectivity index (χ0n) is 11.7. The van der Waals surface area contributed by atoms with Crippen molar-refractivity contribution < 1.29 is 28.6 Å². The molecule has 0 bridgehead atoms. The molecule has 0 fully saturated rings. The normalized spacial score (nSPS) is 16.7. The van der Waals surface area contributed by atoms with Crippen molar-refractivity contribution in [1.82, 2.24) is 4.68 Å². The molecule has 2 heterocycles. The van der Waals surface area contributed by atoms with Gasteiger partial charge in [0.1, 0.15) is 11.5 Å². The van der Waals surface area contributed by atoms with E-state index in [4.69, 9.17) is 5.11 Å². The standard InChI is InChI=1S/C14H10F2N2O5/c1-17-3-6(13(20)21)9-10(16)8(15)2-5-11(9)18(17)4-7(12(5)19)14(22)23/h2,4,6H,3H2,1H3,(H,20,21)(H,22,23). The zero-order valence-corrected chi connectivity index (χ0v) is 11.7. The van der Waals surface area contributed by atoms with Crippen LogP contribution in [0.3, 0.4) is 0 Å². The number of halogens is 2. The number of carboxylic acid groups (broad SMARTS) is 2. The fourth-order valence-corrected chi connectivity index (χ4v) is 2.83. The summed E-state index contributed by atoms with van der Waals surface area (Å²) in [6.07, 6.45) is 0.978. The average molecular weight is 324 g/mol. The molecular formula is C14H10F2N2O5. The monoisotopic (exact) mass is 324 g/mol. The summed E-state index contributed by atoms with van der Waals surface area (Å²) in [4.78, 5) is 34.8. The molecule has 23 heavy (non-hydrogen) atoms. The van der Waals surface area contributed by atoms with E-state index in [1.807, 2.05) is 0 Å². The van der Waals surface area contributed by atoms with Gasteiger partial charge in [0, 0.05) is 18.8 Å². The number of nitrogens with zero attached hydrogens (tertiary/aromatic N) is 2. The van der Waals surface area contributed by atoms with Crippen LogP contribution in [0.2, 0.25) is 0 Å². The van der Waals surface area contributed by atoms with Gasteiger partial charge in [-0.1, -0.05) is 0 Å². The lowest BCUT2D eigenvalue weighted by atomic mass is 9.93. The van der Waals surface area contributed by atoms with Crippen molar-refractivity contribution in [1.29, 1.82) is 0 Å². The molecule has 1 aromatic carbocycles. The number of rotatable bonds is 2. The van der Waals surface area contributed by atoms with Gasteiger partial charge in [-0.3, -0.25) is 14.3 Å². The maximum atomic E-state index is 14.2. The number of benzene rings is 1. The van der Waals surface area contributed by atoms with Crippen LogP contribution in [0, 0.1) is 11.6 Å². The van der Waals surface area contributed by atoms with Crippen LogP contribution in [0.5, 0.6) is 0 Å². The van der Waals surface area contributed by atoms with Gasteiger partial charge in [-0.05, 0) is 6.07 Å². The van der Waals surface area contributed by atoms with Gasteiger partial charge in [-0.2, -0.15) is 0 Å². The van der Waals surface area contributed by atoms with Crippen molar-refractivity contribution in [2.24, 2.45) is 0 Å². The van der Waals surface area contributed by atoms with Crippen LogP contribution < -0.4 is 10.4 Å². The number of pyridine rings is 1. The fraction of sp³-hybridized carbons (Fsp3) is 0.214. The second-order valence-electron chi connectivity index (χ2n) is 5.23. The third-order valence-corrected chi connectivity index (χ3v) is 3.89. The highest BCUT2D eigenvalue weighted by Crippen LogP contribution is 2.33. The second-order valence-corrected chi connectivity index (χ2v) is 5.23. The molecule has 120 valence electrons. The Kier molecular flexibility index (Phi) is 3.10. The van der Waals surface area contributed by atoms with Gasteiger partial charge in [0.25, 0.3) is 0 Å². The summed E-state index contributed by atoms with van der Waals surface area (Å²) in [7, 11) is 1.45. The summed E-state index contributed by atoms with van der Waals surface area (Å²) < 4.78 is 29.2. The van der Waals surface area contributed by atoms with E-state index in [1.54, 1.807) is 0 Å². The van der Waals surface area contributed by atoms with Gasteiger partial charge < -0.3 is 15.2 Å². The molecule has 0 saturated carbocycles. The molecule has 0 radical (unpaired) electrons. The number of hydrogen-bond donors (Lipinski definition) is 2.